The summed E-state index contributed by atoms with van der Waals surface area (Å²) in [6.07, 6.45) is 12.4. The van der Waals surface area contributed by atoms with Gasteiger partial charge in [0, 0.05) is 43.9 Å². The van der Waals surface area contributed by atoms with Crippen LogP contribution in [0.3, 0.4) is 0 Å². The van der Waals surface area contributed by atoms with Crippen molar-refractivity contribution in [3.8, 4) is 5.82 Å². The fourth-order valence-corrected chi connectivity index (χ4v) is 3.32. The third-order valence-corrected chi connectivity index (χ3v) is 4.82. The predicted molar refractivity (Wildman–Crippen MR) is 97.0 cm³/mol. The number of amides is 1. The normalized spacial score (nSPS) is 14.5. The van der Waals surface area contributed by atoms with Crippen LogP contribution in [0.2, 0.25) is 0 Å². The van der Waals surface area contributed by atoms with Gasteiger partial charge in [-0.15, -0.1) is 10.2 Å². The van der Waals surface area contributed by atoms with Crippen LogP contribution >= 0.6 is 0 Å². The molecule has 140 valence electrons. The second-order valence-corrected chi connectivity index (χ2v) is 6.78. The van der Waals surface area contributed by atoms with Crippen LogP contribution in [0, 0.1) is 0 Å². The van der Waals surface area contributed by atoms with Crippen LogP contribution in [-0.2, 0) is 17.8 Å². The molecule has 3 heterocycles. The highest BCUT2D eigenvalue weighted by Gasteiger charge is 2.22. The van der Waals surface area contributed by atoms with Gasteiger partial charge in [0.1, 0.15) is 12.1 Å². The first kappa shape index (κ1) is 17.4. The van der Waals surface area contributed by atoms with Crippen molar-refractivity contribution in [1.82, 2.24) is 30.0 Å². The van der Waals surface area contributed by atoms with Crippen LogP contribution in [0.5, 0.6) is 0 Å². The fourth-order valence-electron chi connectivity index (χ4n) is 3.32. The molecule has 1 amide bonds. The molecule has 1 aliphatic carbocycles. The molecular formula is C19H22N6O2. The largest absolute Gasteiger partial charge is 0.425 e. The SMILES string of the molecule is O=C(CCc1nnc(C2CCCC2)o1)NCc1ccnc(-n2ccnc2)c1. The van der Waals surface area contributed by atoms with Crippen molar-refractivity contribution < 1.29 is 9.21 Å². The van der Waals surface area contributed by atoms with Crippen molar-refractivity contribution in [1.29, 1.82) is 0 Å². The van der Waals surface area contributed by atoms with Crippen molar-refractivity contribution in [2.24, 2.45) is 0 Å². The van der Waals surface area contributed by atoms with E-state index in [1.165, 1.54) is 12.8 Å². The van der Waals surface area contributed by atoms with Crippen LogP contribution in [0.4, 0.5) is 0 Å². The molecule has 3 aromatic heterocycles. The first-order chi connectivity index (χ1) is 13.3. The predicted octanol–water partition coefficient (Wildman–Crippen LogP) is 2.56. The van der Waals surface area contributed by atoms with Gasteiger partial charge < -0.3 is 9.73 Å². The van der Waals surface area contributed by atoms with E-state index < -0.39 is 0 Å². The molecule has 8 heteroatoms. The van der Waals surface area contributed by atoms with Crippen LogP contribution in [0.15, 0.2) is 41.5 Å². The zero-order valence-electron chi connectivity index (χ0n) is 15.0. The Bertz CT molecular complexity index is 883. The maximum absolute atomic E-state index is 12.1. The average molecular weight is 366 g/mol. The van der Waals surface area contributed by atoms with E-state index in [0.29, 0.717) is 31.2 Å². The first-order valence-electron chi connectivity index (χ1n) is 9.30. The molecule has 0 bridgehead atoms. The molecule has 0 saturated heterocycles. The smallest absolute Gasteiger partial charge is 0.220 e. The molecule has 1 saturated carbocycles. The lowest BCUT2D eigenvalue weighted by Crippen LogP contribution is -2.23. The molecule has 4 rings (SSSR count). The summed E-state index contributed by atoms with van der Waals surface area (Å²) in [6, 6.07) is 3.81. The van der Waals surface area contributed by atoms with Crippen molar-refractivity contribution in [3.05, 3.63) is 54.4 Å². The molecule has 1 aliphatic rings. The van der Waals surface area contributed by atoms with Gasteiger partial charge in [-0.3, -0.25) is 9.36 Å². The Morgan fingerprint density at radius 2 is 2.15 bits per heavy atom. The molecular weight excluding hydrogens is 344 g/mol. The summed E-state index contributed by atoms with van der Waals surface area (Å²) in [4.78, 5) is 20.5. The Labute approximate surface area is 157 Å². The summed E-state index contributed by atoms with van der Waals surface area (Å²) in [5.41, 5.74) is 0.975. The van der Waals surface area contributed by atoms with Crippen LogP contribution in [-0.4, -0.2) is 30.6 Å². The lowest BCUT2D eigenvalue weighted by Gasteiger charge is -2.07. The van der Waals surface area contributed by atoms with Gasteiger partial charge in [0.25, 0.3) is 0 Å². The molecule has 0 aromatic carbocycles. The molecule has 0 atom stereocenters. The maximum atomic E-state index is 12.1. The molecule has 0 radical (unpaired) electrons. The number of pyridine rings is 1. The monoisotopic (exact) mass is 366 g/mol. The summed E-state index contributed by atoms with van der Waals surface area (Å²) in [5.74, 6) is 2.39. The quantitative estimate of drug-likeness (QED) is 0.690. The van der Waals surface area contributed by atoms with E-state index in [2.05, 4.69) is 25.5 Å². The zero-order chi connectivity index (χ0) is 18.5. The number of rotatable bonds is 7. The van der Waals surface area contributed by atoms with Gasteiger partial charge in [-0.25, -0.2) is 9.97 Å². The van der Waals surface area contributed by atoms with Crippen molar-refractivity contribution in [3.63, 3.8) is 0 Å². The third-order valence-electron chi connectivity index (χ3n) is 4.82. The number of nitrogens with one attached hydrogen (secondary N) is 1. The lowest BCUT2D eigenvalue weighted by atomic mass is 10.1. The molecule has 27 heavy (non-hydrogen) atoms. The van der Waals surface area contributed by atoms with E-state index in [1.807, 2.05) is 22.9 Å². The Balaban J connectivity index is 1.26. The highest BCUT2D eigenvalue weighted by molar-refractivity contribution is 5.76. The second kappa shape index (κ2) is 8.11. The van der Waals surface area contributed by atoms with Crippen LogP contribution in [0.1, 0.15) is 55.4 Å². The minimum Gasteiger partial charge on any atom is -0.425 e. The number of aryl methyl sites for hydroxylation is 1. The molecule has 3 aromatic rings. The number of aromatic nitrogens is 5. The standard InChI is InChI=1S/C19H22N6O2/c26-17(5-6-18-23-24-19(27-18)15-3-1-2-4-15)22-12-14-7-8-21-16(11-14)25-10-9-20-13-25/h7-11,13,15H,1-6,12H2,(H,22,26). The summed E-state index contributed by atoms with van der Waals surface area (Å²) in [5, 5.41) is 11.1. The molecule has 8 nitrogen and oxygen atoms in total. The zero-order valence-corrected chi connectivity index (χ0v) is 15.0. The fraction of sp³-hybridized carbons (Fsp3) is 0.421. The van der Waals surface area contributed by atoms with E-state index in [1.54, 1.807) is 18.7 Å². The van der Waals surface area contributed by atoms with Gasteiger partial charge in [0.05, 0.1) is 0 Å². The molecule has 1 fully saturated rings. The third kappa shape index (κ3) is 4.39. The van der Waals surface area contributed by atoms with Crippen LogP contribution < -0.4 is 5.32 Å². The summed E-state index contributed by atoms with van der Waals surface area (Å²) in [7, 11) is 0. The van der Waals surface area contributed by atoms with Gasteiger partial charge in [0.2, 0.25) is 17.7 Å². The van der Waals surface area contributed by atoms with E-state index >= 15 is 0 Å². The molecule has 0 spiro atoms. The summed E-state index contributed by atoms with van der Waals surface area (Å²) >= 11 is 0. The average Bonchev–Trinajstić information content (AvgIpc) is 3.46. The van der Waals surface area contributed by atoms with Crippen molar-refractivity contribution in [2.75, 3.05) is 0 Å². The summed E-state index contributed by atoms with van der Waals surface area (Å²) in [6.45, 7) is 0.445. The van der Waals surface area contributed by atoms with Gasteiger partial charge in [-0.1, -0.05) is 12.8 Å². The van der Waals surface area contributed by atoms with E-state index in [9.17, 15) is 4.79 Å². The van der Waals surface area contributed by atoms with Gasteiger partial charge in [-0.2, -0.15) is 0 Å². The number of hydrogen-bond donors (Lipinski definition) is 1. The van der Waals surface area contributed by atoms with Crippen molar-refractivity contribution >= 4 is 5.91 Å². The van der Waals surface area contributed by atoms with Crippen LogP contribution in [0.25, 0.3) is 5.82 Å². The minimum atomic E-state index is -0.0448. The van der Waals surface area contributed by atoms with Gasteiger partial charge in [0.15, 0.2) is 0 Å². The number of nitrogens with zero attached hydrogens (tertiary/aromatic N) is 5. The molecule has 1 N–H and O–H groups in total. The number of imidazole rings is 1. The van der Waals surface area contributed by atoms with E-state index in [-0.39, 0.29) is 5.91 Å². The number of carbonyl (C=O) groups is 1. The van der Waals surface area contributed by atoms with Crippen molar-refractivity contribution in [2.45, 2.75) is 51.0 Å². The maximum Gasteiger partial charge on any atom is 0.220 e. The summed E-state index contributed by atoms with van der Waals surface area (Å²) < 4.78 is 7.54. The Hall–Kier alpha value is -3.03. The lowest BCUT2D eigenvalue weighted by molar-refractivity contribution is -0.121. The van der Waals surface area contributed by atoms with Gasteiger partial charge in [-0.05, 0) is 30.5 Å². The highest BCUT2D eigenvalue weighted by atomic mass is 16.4. The number of hydrogen-bond acceptors (Lipinski definition) is 6. The first-order valence-corrected chi connectivity index (χ1v) is 9.30. The topological polar surface area (TPSA) is 98.7 Å². The second-order valence-electron chi connectivity index (χ2n) is 6.78. The minimum absolute atomic E-state index is 0.0448. The number of carbonyl (C=O) groups excluding carboxylic acids is 1. The Morgan fingerprint density at radius 3 is 2.96 bits per heavy atom. The molecule has 0 aliphatic heterocycles. The molecule has 0 unspecified atom stereocenters. The Kier molecular flexibility index (Phi) is 5.22. The van der Waals surface area contributed by atoms with Gasteiger partial charge >= 0.3 is 0 Å². The Morgan fingerprint density at radius 1 is 1.26 bits per heavy atom. The van der Waals surface area contributed by atoms with E-state index in [0.717, 1.165) is 30.1 Å². The highest BCUT2D eigenvalue weighted by Crippen LogP contribution is 2.33. The van der Waals surface area contributed by atoms with E-state index in [4.69, 9.17) is 4.42 Å².